The quantitative estimate of drug-likeness (QED) is 0.618. The van der Waals surface area contributed by atoms with E-state index in [1.165, 1.54) is 11.1 Å². The van der Waals surface area contributed by atoms with E-state index in [1.807, 2.05) is 64.1 Å². The molecular formula is C23H31NO3. The molecule has 0 aliphatic carbocycles. The van der Waals surface area contributed by atoms with Crippen LogP contribution in [0.2, 0.25) is 0 Å². The number of hydrogen-bond acceptors (Lipinski definition) is 3. The van der Waals surface area contributed by atoms with Gasteiger partial charge in [0.15, 0.2) is 6.10 Å². The summed E-state index contributed by atoms with van der Waals surface area (Å²) in [5, 5.41) is 2.98. The van der Waals surface area contributed by atoms with Crippen molar-refractivity contribution in [1.29, 1.82) is 0 Å². The van der Waals surface area contributed by atoms with Crippen LogP contribution in [-0.2, 0) is 11.2 Å². The van der Waals surface area contributed by atoms with Gasteiger partial charge in [-0.15, -0.1) is 0 Å². The van der Waals surface area contributed by atoms with Crippen molar-refractivity contribution in [2.45, 2.75) is 59.2 Å². The second-order valence-corrected chi connectivity index (χ2v) is 7.03. The minimum Gasteiger partial charge on any atom is -0.491 e. The fraction of sp³-hybridized carbons (Fsp3) is 0.435. The second kappa shape index (κ2) is 10.6. The largest absolute Gasteiger partial charge is 0.491 e. The van der Waals surface area contributed by atoms with Crippen molar-refractivity contribution >= 4 is 5.91 Å². The molecule has 0 unspecified atom stereocenters. The molecule has 146 valence electrons. The highest BCUT2D eigenvalue weighted by Gasteiger charge is 2.17. The van der Waals surface area contributed by atoms with Crippen LogP contribution in [0.3, 0.4) is 0 Å². The highest BCUT2D eigenvalue weighted by Crippen LogP contribution is 2.16. The SMILES string of the molecule is CC[C@@H](Oc1ccc(C)cc1)C(=O)NCCCc1ccc(OC(C)C)cc1. The van der Waals surface area contributed by atoms with Crippen molar-refractivity contribution < 1.29 is 14.3 Å². The zero-order valence-electron chi connectivity index (χ0n) is 16.8. The number of ether oxygens (including phenoxy) is 2. The number of nitrogens with one attached hydrogen (secondary N) is 1. The van der Waals surface area contributed by atoms with Crippen molar-refractivity contribution in [3.05, 3.63) is 59.7 Å². The Morgan fingerprint density at radius 2 is 1.56 bits per heavy atom. The van der Waals surface area contributed by atoms with Crippen molar-refractivity contribution in [2.24, 2.45) is 0 Å². The third-order valence-corrected chi connectivity index (χ3v) is 4.20. The van der Waals surface area contributed by atoms with Crippen LogP contribution < -0.4 is 14.8 Å². The molecule has 2 rings (SSSR count). The minimum absolute atomic E-state index is 0.0567. The molecule has 0 saturated heterocycles. The number of carbonyl (C=O) groups is 1. The smallest absolute Gasteiger partial charge is 0.261 e. The predicted octanol–water partition coefficient (Wildman–Crippen LogP) is 4.69. The Morgan fingerprint density at radius 1 is 0.963 bits per heavy atom. The number of amides is 1. The van der Waals surface area contributed by atoms with E-state index in [0.717, 1.165) is 24.3 Å². The molecule has 0 saturated carbocycles. The summed E-state index contributed by atoms with van der Waals surface area (Å²) >= 11 is 0. The van der Waals surface area contributed by atoms with Crippen LogP contribution in [0.5, 0.6) is 11.5 Å². The Kier molecular flexibility index (Phi) is 8.18. The zero-order valence-corrected chi connectivity index (χ0v) is 16.8. The monoisotopic (exact) mass is 369 g/mol. The average molecular weight is 370 g/mol. The van der Waals surface area contributed by atoms with Gasteiger partial charge >= 0.3 is 0 Å². The van der Waals surface area contributed by atoms with Crippen LogP contribution in [0.25, 0.3) is 0 Å². The molecule has 0 fully saturated rings. The molecule has 27 heavy (non-hydrogen) atoms. The first-order valence-electron chi connectivity index (χ1n) is 9.74. The van der Waals surface area contributed by atoms with Gasteiger partial charge in [0.1, 0.15) is 11.5 Å². The van der Waals surface area contributed by atoms with Gasteiger partial charge in [-0.05, 0) is 69.9 Å². The molecule has 1 N–H and O–H groups in total. The summed E-state index contributed by atoms with van der Waals surface area (Å²) < 4.78 is 11.5. The van der Waals surface area contributed by atoms with Gasteiger partial charge in [0.2, 0.25) is 0 Å². The molecule has 0 aromatic heterocycles. The van der Waals surface area contributed by atoms with Crippen LogP contribution in [0.1, 0.15) is 44.7 Å². The molecule has 4 nitrogen and oxygen atoms in total. The number of carbonyl (C=O) groups excluding carboxylic acids is 1. The summed E-state index contributed by atoms with van der Waals surface area (Å²) in [4.78, 5) is 12.4. The summed E-state index contributed by atoms with van der Waals surface area (Å²) in [6.07, 6.45) is 2.16. The Balaban J connectivity index is 1.73. The van der Waals surface area contributed by atoms with Crippen LogP contribution >= 0.6 is 0 Å². The number of rotatable bonds is 10. The van der Waals surface area contributed by atoms with E-state index in [0.29, 0.717) is 13.0 Å². The van der Waals surface area contributed by atoms with E-state index < -0.39 is 6.10 Å². The normalized spacial score (nSPS) is 11.9. The average Bonchev–Trinajstić information content (AvgIpc) is 2.65. The molecule has 0 radical (unpaired) electrons. The lowest BCUT2D eigenvalue weighted by atomic mass is 10.1. The van der Waals surface area contributed by atoms with Crippen molar-refractivity contribution in [3.63, 3.8) is 0 Å². The lowest BCUT2D eigenvalue weighted by Gasteiger charge is -2.17. The van der Waals surface area contributed by atoms with E-state index >= 15 is 0 Å². The second-order valence-electron chi connectivity index (χ2n) is 7.03. The lowest BCUT2D eigenvalue weighted by molar-refractivity contribution is -0.128. The highest BCUT2D eigenvalue weighted by atomic mass is 16.5. The summed E-state index contributed by atoms with van der Waals surface area (Å²) in [7, 11) is 0. The van der Waals surface area contributed by atoms with E-state index in [4.69, 9.17) is 9.47 Å². The van der Waals surface area contributed by atoms with Gasteiger partial charge in [0.05, 0.1) is 6.10 Å². The fourth-order valence-electron chi connectivity index (χ4n) is 2.73. The molecule has 2 aromatic carbocycles. The van der Waals surface area contributed by atoms with Gasteiger partial charge in [-0.25, -0.2) is 0 Å². The standard InChI is InChI=1S/C23H31NO3/c1-5-22(27-21-12-8-18(4)9-13-21)23(25)24-16-6-7-19-10-14-20(15-11-19)26-17(2)3/h8-15,17,22H,5-7,16H2,1-4H3,(H,24,25)/t22-/m1/s1. The summed E-state index contributed by atoms with van der Waals surface area (Å²) in [6, 6.07) is 15.9. The molecule has 0 heterocycles. The Morgan fingerprint density at radius 3 is 2.15 bits per heavy atom. The minimum atomic E-state index is -0.458. The number of benzene rings is 2. The molecule has 0 aliphatic rings. The fourth-order valence-corrected chi connectivity index (χ4v) is 2.73. The third kappa shape index (κ3) is 7.33. The van der Waals surface area contributed by atoms with Gasteiger partial charge < -0.3 is 14.8 Å². The molecule has 1 atom stereocenters. The Bertz CT molecular complexity index is 693. The van der Waals surface area contributed by atoms with Crippen molar-refractivity contribution in [2.75, 3.05) is 6.54 Å². The lowest BCUT2D eigenvalue weighted by Crippen LogP contribution is -2.38. The Hall–Kier alpha value is -2.49. The molecule has 0 aliphatic heterocycles. The Labute approximate surface area is 162 Å². The number of aryl methyl sites for hydroxylation is 2. The predicted molar refractivity (Wildman–Crippen MR) is 109 cm³/mol. The maximum atomic E-state index is 12.4. The summed E-state index contributed by atoms with van der Waals surface area (Å²) in [5.74, 6) is 1.56. The maximum Gasteiger partial charge on any atom is 0.261 e. The van der Waals surface area contributed by atoms with Crippen LogP contribution in [-0.4, -0.2) is 24.7 Å². The van der Waals surface area contributed by atoms with Crippen LogP contribution in [0.4, 0.5) is 0 Å². The number of hydrogen-bond donors (Lipinski definition) is 1. The van der Waals surface area contributed by atoms with Crippen molar-refractivity contribution in [3.8, 4) is 11.5 Å². The van der Waals surface area contributed by atoms with E-state index in [-0.39, 0.29) is 12.0 Å². The van der Waals surface area contributed by atoms with E-state index in [1.54, 1.807) is 0 Å². The molecule has 0 bridgehead atoms. The van der Waals surface area contributed by atoms with Crippen molar-refractivity contribution in [1.82, 2.24) is 5.32 Å². The summed E-state index contributed by atoms with van der Waals surface area (Å²) in [6.45, 7) is 8.65. The molecule has 4 heteroatoms. The maximum absolute atomic E-state index is 12.4. The first kappa shape index (κ1) is 20.8. The topological polar surface area (TPSA) is 47.6 Å². The zero-order chi connectivity index (χ0) is 19.6. The van der Waals surface area contributed by atoms with Gasteiger partial charge in [0, 0.05) is 6.54 Å². The first-order chi connectivity index (χ1) is 13.0. The van der Waals surface area contributed by atoms with E-state index in [2.05, 4.69) is 17.4 Å². The van der Waals surface area contributed by atoms with Crippen LogP contribution in [0.15, 0.2) is 48.5 Å². The molecule has 2 aromatic rings. The van der Waals surface area contributed by atoms with Gasteiger partial charge in [-0.3, -0.25) is 4.79 Å². The first-order valence-corrected chi connectivity index (χ1v) is 9.74. The van der Waals surface area contributed by atoms with Crippen LogP contribution in [0, 0.1) is 6.92 Å². The van der Waals surface area contributed by atoms with E-state index in [9.17, 15) is 4.79 Å². The molecule has 1 amide bonds. The van der Waals surface area contributed by atoms with Gasteiger partial charge in [-0.1, -0.05) is 36.8 Å². The summed E-state index contributed by atoms with van der Waals surface area (Å²) in [5.41, 5.74) is 2.41. The third-order valence-electron chi connectivity index (χ3n) is 4.20. The van der Waals surface area contributed by atoms with Gasteiger partial charge in [-0.2, -0.15) is 0 Å². The highest BCUT2D eigenvalue weighted by molar-refractivity contribution is 5.81. The molecule has 0 spiro atoms. The van der Waals surface area contributed by atoms with Gasteiger partial charge in [0.25, 0.3) is 5.91 Å². The molecular weight excluding hydrogens is 338 g/mol.